The van der Waals surface area contributed by atoms with Crippen molar-refractivity contribution in [2.75, 3.05) is 31.6 Å². The number of benzene rings is 1. The van der Waals surface area contributed by atoms with Crippen LogP contribution in [0.1, 0.15) is 44.6 Å². The average molecular weight is 458 g/mol. The molecule has 0 unspecified atom stereocenters. The van der Waals surface area contributed by atoms with Gasteiger partial charge in [-0.05, 0) is 30.9 Å². The molecule has 0 aliphatic carbocycles. The Morgan fingerprint density at radius 3 is 2.60 bits per heavy atom. The van der Waals surface area contributed by atoms with Gasteiger partial charge in [-0.3, -0.25) is 9.79 Å². The maximum Gasteiger partial charge on any atom is 0.227 e. The first-order valence-electron chi connectivity index (χ1n) is 9.09. The summed E-state index contributed by atoms with van der Waals surface area (Å²) in [4.78, 5) is 18.6. The Bertz CT molecular complexity index is 562. The average Bonchev–Trinajstić information content (AvgIpc) is 3.04. The van der Waals surface area contributed by atoms with Crippen LogP contribution in [0, 0.1) is 0 Å². The van der Waals surface area contributed by atoms with E-state index in [9.17, 15) is 4.79 Å². The molecule has 1 aromatic rings. The lowest BCUT2D eigenvalue weighted by Gasteiger charge is -2.17. The molecule has 2 N–H and O–H groups in total. The van der Waals surface area contributed by atoms with E-state index in [1.54, 1.807) is 7.05 Å². The Hall–Kier alpha value is -1.31. The van der Waals surface area contributed by atoms with Gasteiger partial charge < -0.3 is 15.5 Å². The molecule has 0 bridgehead atoms. The fraction of sp³-hybridized carbons (Fsp3) is 0.579. The number of fused-ring (bicyclic) bond motifs is 1. The maximum absolute atomic E-state index is 12.4. The second-order valence-corrected chi connectivity index (χ2v) is 6.16. The summed E-state index contributed by atoms with van der Waals surface area (Å²) in [5.41, 5.74) is 2.37. The van der Waals surface area contributed by atoms with Gasteiger partial charge in [0, 0.05) is 38.8 Å². The SMILES string of the molecule is CCCCCNC(=NC)NCCCC(=O)N1CCc2ccccc21.I. The van der Waals surface area contributed by atoms with Crippen LogP contribution in [-0.4, -0.2) is 38.5 Å². The van der Waals surface area contributed by atoms with Crippen LogP contribution in [0.3, 0.4) is 0 Å². The van der Waals surface area contributed by atoms with Crippen LogP contribution in [-0.2, 0) is 11.2 Å². The molecule has 1 heterocycles. The fourth-order valence-electron chi connectivity index (χ4n) is 2.98. The summed E-state index contributed by atoms with van der Waals surface area (Å²) in [5.74, 6) is 1.04. The Labute approximate surface area is 168 Å². The van der Waals surface area contributed by atoms with E-state index in [2.05, 4.69) is 28.6 Å². The van der Waals surface area contributed by atoms with Crippen molar-refractivity contribution in [3.05, 3.63) is 29.8 Å². The minimum absolute atomic E-state index is 0. The first-order valence-corrected chi connectivity index (χ1v) is 9.09. The first kappa shape index (κ1) is 21.7. The van der Waals surface area contributed by atoms with Crippen LogP contribution in [0.2, 0.25) is 0 Å². The van der Waals surface area contributed by atoms with Gasteiger partial charge in [0.2, 0.25) is 5.91 Å². The molecule has 0 aromatic heterocycles. The number of carbonyl (C=O) groups is 1. The molecule has 25 heavy (non-hydrogen) atoms. The number of carbonyl (C=O) groups excluding carboxylic acids is 1. The zero-order valence-corrected chi connectivity index (χ0v) is 17.7. The minimum Gasteiger partial charge on any atom is -0.356 e. The highest BCUT2D eigenvalue weighted by Crippen LogP contribution is 2.27. The number of amides is 1. The topological polar surface area (TPSA) is 56.7 Å². The second kappa shape index (κ2) is 12.1. The molecule has 0 radical (unpaired) electrons. The van der Waals surface area contributed by atoms with Crippen LogP contribution in [0.5, 0.6) is 0 Å². The van der Waals surface area contributed by atoms with Crippen molar-refractivity contribution in [1.29, 1.82) is 0 Å². The van der Waals surface area contributed by atoms with E-state index in [0.29, 0.717) is 6.42 Å². The Morgan fingerprint density at radius 1 is 1.16 bits per heavy atom. The Morgan fingerprint density at radius 2 is 1.88 bits per heavy atom. The van der Waals surface area contributed by atoms with Gasteiger partial charge in [-0.2, -0.15) is 0 Å². The number of guanidine groups is 1. The quantitative estimate of drug-likeness (QED) is 0.272. The number of para-hydroxylation sites is 1. The molecule has 0 saturated heterocycles. The van der Waals surface area contributed by atoms with E-state index in [0.717, 1.165) is 50.5 Å². The number of unbranched alkanes of at least 4 members (excludes halogenated alkanes) is 2. The molecule has 5 nitrogen and oxygen atoms in total. The minimum atomic E-state index is 0. The van der Waals surface area contributed by atoms with Crippen molar-refractivity contribution in [1.82, 2.24) is 10.6 Å². The van der Waals surface area contributed by atoms with Crippen molar-refractivity contribution in [3.8, 4) is 0 Å². The lowest BCUT2D eigenvalue weighted by atomic mass is 10.2. The fourth-order valence-corrected chi connectivity index (χ4v) is 2.98. The van der Waals surface area contributed by atoms with Crippen molar-refractivity contribution >= 4 is 41.5 Å². The Balaban J connectivity index is 0.00000312. The highest BCUT2D eigenvalue weighted by atomic mass is 127. The van der Waals surface area contributed by atoms with Crippen molar-refractivity contribution in [2.45, 2.75) is 45.4 Å². The number of hydrogen-bond acceptors (Lipinski definition) is 2. The smallest absolute Gasteiger partial charge is 0.227 e. The zero-order valence-electron chi connectivity index (χ0n) is 15.4. The summed E-state index contributed by atoms with van der Waals surface area (Å²) in [5, 5.41) is 6.58. The highest BCUT2D eigenvalue weighted by Gasteiger charge is 2.23. The monoisotopic (exact) mass is 458 g/mol. The van der Waals surface area contributed by atoms with Crippen molar-refractivity contribution < 1.29 is 4.79 Å². The standard InChI is InChI=1S/C19H30N4O.HI/c1-3-4-7-13-21-19(20-2)22-14-8-11-18(24)23-15-12-16-9-5-6-10-17(16)23;/h5-6,9-10H,3-4,7-8,11-15H2,1-2H3,(H2,20,21,22);1H. The molecule has 6 heteroatoms. The first-order chi connectivity index (χ1) is 11.8. The summed E-state index contributed by atoms with van der Waals surface area (Å²) < 4.78 is 0. The summed E-state index contributed by atoms with van der Waals surface area (Å²) in [6.07, 6.45) is 5.95. The highest BCUT2D eigenvalue weighted by molar-refractivity contribution is 14.0. The number of rotatable bonds is 8. The van der Waals surface area contributed by atoms with Crippen LogP contribution >= 0.6 is 24.0 Å². The Kier molecular flexibility index (Phi) is 10.5. The largest absolute Gasteiger partial charge is 0.356 e. The lowest BCUT2D eigenvalue weighted by molar-refractivity contribution is -0.118. The molecule has 2 rings (SSSR count). The van der Waals surface area contributed by atoms with E-state index < -0.39 is 0 Å². The third-order valence-electron chi connectivity index (χ3n) is 4.34. The molecule has 0 saturated carbocycles. The van der Waals surface area contributed by atoms with Crippen LogP contribution in [0.25, 0.3) is 0 Å². The molecular weight excluding hydrogens is 427 g/mol. The maximum atomic E-state index is 12.4. The van der Waals surface area contributed by atoms with Gasteiger partial charge in [0.15, 0.2) is 5.96 Å². The summed E-state index contributed by atoms with van der Waals surface area (Å²) in [6, 6.07) is 8.19. The van der Waals surface area contributed by atoms with Gasteiger partial charge in [-0.15, -0.1) is 24.0 Å². The van der Waals surface area contributed by atoms with Gasteiger partial charge in [0.05, 0.1) is 0 Å². The number of nitrogens with zero attached hydrogens (tertiary/aromatic N) is 2. The molecule has 1 aliphatic heterocycles. The van der Waals surface area contributed by atoms with E-state index in [1.807, 2.05) is 23.1 Å². The van der Waals surface area contributed by atoms with Gasteiger partial charge in [-0.1, -0.05) is 38.0 Å². The third-order valence-corrected chi connectivity index (χ3v) is 4.34. The predicted molar refractivity (Wildman–Crippen MR) is 116 cm³/mol. The number of anilines is 1. The predicted octanol–water partition coefficient (Wildman–Crippen LogP) is 3.33. The van der Waals surface area contributed by atoms with E-state index in [-0.39, 0.29) is 29.9 Å². The van der Waals surface area contributed by atoms with E-state index >= 15 is 0 Å². The number of aliphatic imine (C=N–C) groups is 1. The zero-order chi connectivity index (χ0) is 17.2. The van der Waals surface area contributed by atoms with E-state index in [4.69, 9.17) is 0 Å². The molecule has 0 spiro atoms. The molecule has 1 amide bonds. The normalized spacial score (nSPS) is 13.2. The molecular formula is C19H31IN4O. The molecule has 1 aliphatic rings. The second-order valence-electron chi connectivity index (χ2n) is 6.16. The summed E-state index contributed by atoms with van der Waals surface area (Å²) in [7, 11) is 1.78. The third kappa shape index (κ3) is 6.84. The van der Waals surface area contributed by atoms with E-state index in [1.165, 1.54) is 18.4 Å². The van der Waals surface area contributed by atoms with Crippen LogP contribution in [0.4, 0.5) is 5.69 Å². The summed E-state index contributed by atoms with van der Waals surface area (Å²) >= 11 is 0. The summed E-state index contributed by atoms with van der Waals surface area (Å²) in [6.45, 7) is 4.71. The van der Waals surface area contributed by atoms with Crippen molar-refractivity contribution in [3.63, 3.8) is 0 Å². The van der Waals surface area contributed by atoms with Gasteiger partial charge in [0.1, 0.15) is 0 Å². The molecule has 0 fully saturated rings. The van der Waals surface area contributed by atoms with Gasteiger partial charge >= 0.3 is 0 Å². The molecule has 1 aromatic carbocycles. The van der Waals surface area contributed by atoms with Crippen LogP contribution < -0.4 is 15.5 Å². The van der Waals surface area contributed by atoms with Crippen molar-refractivity contribution in [2.24, 2.45) is 4.99 Å². The van der Waals surface area contributed by atoms with Gasteiger partial charge in [0.25, 0.3) is 0 Å². The number of nitrogens with one attached hydrogen (secondary N) is 2. The number of halogens is 1. The molecule has 0 atom stereocenters. The molecule has 140 valence electrons. The van der Waals surface area contributed by atoms with Crippen LogP contribution in [0.15, 0.2) is 29.3 Å². The lowest BCUT2D eigenvalue weighted by Crippen LogP contribution is -2.38. The number of hydrogen-bond donors (Lipinski definition) is 2. The van der Waals surface area contributed by atoms with Gasteiger partial charge in [-0.25, -0.2) is 0 Å².